The van der Waals surface area contributed by atoms with Gasteiger partial charge in [-0.2, -0.15) is 0 Å². The number of carbonyl (C=O) groups excluding carboxylic acids is 1. The van der Waals surface area contributed by atoms with Crippen LogP contribution >= 0.6 is 39.1 Å². The van der Waals surface area contributed by atoms with E-state index in [2.05, 4.69) is 26.8 Å². The lowest BCUT2D eigenvalue weighted by molar-refractivity contribution is -0.130. The largest absolute Gasteiger partial charge is 0.494 e. The fourth-order valence-corrected chi connectivity index (χ4v) is 5.81. The lowest BCUT2D eigenvalue weighted by Crippen LogP contribution is -2.53. The van der Waals surface area contributed by atoms with Crippen molar-refractivity contribution in [2.24, 2.45) is 4.99 Å². The molecule has 0 saturated heterocycles. The molecule has 2 atom stereocenters. The van der Waals surface area contributed by atoms with Gasteiger partial charge in [-0.15, -0.1) is 0 Å². The number of hydrogen-bond acceptors (Lipinski definition) is 6. The Morgan fingerprint density at radius 1 is 1.02 bits per heavy atom. The number of ether oxygens (including phenoxy) is 2. The number of nitrogens with one attached hydrogen (secondary N) is 2. The monoisotopic (exact) mass is 699 g/mol. The number of hydrazine groups is 1. The molecule has 44 heavy (non-hydrogen) atoms. The number of aliphatic hydroxyl groups is 1. The van der Waals surface area contributed by atoms with Gasteiger partial charge in [0.2, 0.25) is 5.90 Å². The number of nitrogens with zero attached hydrogens (tertiary/aromatic N) is 1. The Morgan fingerprint density at radius 3 is 2.45 bits per heavy atom. The first-order valence-corrected chi connectivity index (χ1v) is 15.4. The van der Waals surface area contributed by atoms with Gasteiger partial charge in [-0.25, -0.2) is 14.8 Å². The minimum absolute atomic E-state index is 0.0359. The third-order valence-electron chi connectivity index (χ3n) is 7.13. The molecule has 0 bridgehead atoms. The number of halogens is 4. The van der Waals surface area contributed by atoms with Gasteiger partial charge in [0.05, 0.1) is 6.61 Å². The zero-order valence-corrected chi connectivity index (χ0v) is 26.5. The maximum Gasteiger partial charge on any atom is 0.266 e. The first-order valence-electron chi connectivity index (χ1n) is 13.9. The number of aliphatic hydroxyl groups excluding tert-OH is 1. The second-order valence-electron chi connectivity index (χ2n) is 10.1. The van der Waals surface area contributed by atoms with Crippen LogP contribution in [0.5, 0.6) is 5.75 Å². The Kier molecular flexibility index (Phi) is 10.6. The summed E-state index contributed by atoms with van der Waals surface area (Å²) in [6.45, 7) is 0.457. The van der Waals surface area contributed by atoms with Crippen molar-refractivity contribution in [1.29, 1.82) is 0 Å². The van der Waals surface area contributed by atoms with E-state index >= 15 is 0 Å². The van der Waals surface area contributed by atoms with Crippen LogP contribution in [0.2, 0.25) is 10.0 Å². The molecule has 4 aromatic rings. The molecule has 0 aliphatic carbocycles. The first-order chi connectivity index (χ1) is 21.3. The summed E-state index contributed by atoms with van der Waals surface area (Å²) in [6, 6.07) is 26.0. The van der Waals surface area contributed by atoms with Gasteiger partial charge in [-0.3, -0.25) is 10.2 Å². The van der Waals surface area contributed by atoms with Crippen LogP contribution in [0.1, 0.15) is 34.8 Å². The molecule has 5 rings (SSSR count). The number of hydrogen-bond donors (Lipinski definition) is 3. The SMILES string of the molecule is O=C(NNCc1ccccc1F)[C@@]1(Cc2ccccc2Br)N=C(c2ccc(OCCCO)cc2)O[C@H]1c1ccc(Cl)cc1Cl. The summed E-state index contributed by atoms with van der Waals surface area (Å²) in [6.07, 6.45) is -0.305. The average molecular weight is 701 g/mol. The molecular formula is C33H29BrCl2FN3O4. The topological polar surface area (TPSA) is 92.2 Å². The van der Waals surface area contributed by atoms with Gasteiger partial charge >= 0.3 is 0 Å². The van der Waals surface area contributed by atoms with Crippen molar-refractivity contribution >= 4 is 50.9 Å². The molecule has 1 heterocycles. The van der Waals surface area contributed by atoms with E-state index in [9.17, 15) is 9.18 Å². The molecular weight excluding hydrogens is 672 g/mol. The zero-order valence-electron chi connectivity index (χ0n) is 23.4. The molecule has 1 aliphatic heterocycles. The lowest BCUT2D eigenvalue weighted by atomic mass is 9.82. The van der Waals surface area contributed by atoms with Gasteiger partial charge in [0, 0.05) is 57.2 Å². The summed E-state index contributed by atoms with van der Waals surface area (Å²) in [7, 11) is 0. The maximum absolute atomic E-state index is 14.3. The minimum Gasteiger partial charge on any atom is -0.494 e. The van der Waals surface area contributed by atoms with Crippen molar-refractivity contribution in [3.63, 3.8) is 0 Å². The van der Waals surface area contributed by atoms with Gasteiger partial charge < -0.3 is 14.6 Å². The van der Waals surface area contributed by atoms with Crippen LogP contribution in [-0.2, 0) is 22.5 Å². The predicted octanol–water partition coefficient (Wildman–Crippen LogP) is 6.98. The Balaban J connectivity index is 1.55. The van der Waals surface area contributed by atoms with E-state index < -0.39 is 23.4 Å². The van der Waals surface area contributed by atoms with Crippen molar-refractivity contribution in [3.8, 4) is 5.75 Å². The molecule has 0 spiro atoms. The Bertz CT molecular complexity index is 1660. The molecule has 11 heteroatoms. The normalized spacial score (nSPS) is 17.6. The van der Waals surface area contributed by atoms with E-state index in [4.69, 9.17) is 42.8 Å². The highest BCUT2D eigenvalue weighted by Gasteiger charge is 2.54. The van der Waals surface area contributed by atoms with Gasteiger partial charge in [0.15, 0.2) is 11.6 Å². The van der Waals surface area contributed by atoms with Gasteiger partial charge in [0.1, 0.15) is 11.6 Å². The molecule has 0 radical (unpaired) electrons. The van der Waals surface area contributed by atoms with Crippen LogP contribution in [0.25, 0.3) is 0 Å². The Morgan fingerprint density at radius 2 is 1.75 bits per heavy atom. The minimum atomic E-state index is -1.55. The first kappa shape index (κ1) is 31.9. The molecule has 0 aromatic heterocycles. The van der Waals surface area contributed by atoms with E-state index in [-0.39, 0.29) is 25.5 Å². The molecule has 7 nitrogen and oxygen atoms in total. The van der Waals surface area contributed by atoms with Crippen molar-refractivity contribution in [3.05, 3.63) is 134 Å². The number of benzene rings is 4. The van der Waals surface area contributed by atoms with Crippen molar-refractivity contribution < 1.29 is 23.8 Å². The van der Waals surface area contributed by atoms with Crippen LogP contribution in [0.4, 0.5) is 4.39 Å². The highest BCUT2D eigenvalue weighted by atomic mass is 79.9. The highest BCUT2D eigenvalue weighted by Crippen LogP contribution is 2.45. The molecule has 1 amide bonds. The summed E-state index contributed by atoms with van der Waals surface area (Å²) >= 11 is 16.5. The molecule has 228 valence electrons. The Labute approximate surface area is 273 Å². The van der Waals surface area contributed by atoms with Crippen LogP contribution in [0.3, 0.4) is 0 Å². The smallest absolute Gasteiger partial charge is 0.266 e. The molecule has 4 aromatic carbocycles. The molecule has 0 unspecified atom stereocenters. The van der Waals surface area contributed by atoms with E-state index in [1.54, 1.807) is 60.7 Å². The van der Waals surface area contributed by atoms with Gasteiger partial charge in [-0.05, 0) is 54.1 Å². The fourth-order valence-electron chi connectivity index (χ4n) is 4.88. The summed E-state index contributed by atoms with van der Waals surface area (Å²) in [5, 5.41) is 9.79. The quantitative estimate of drug-likeness (QED) is 0.110. The standard InChI is InChI=1S/C33H29BrCl2FN3O4/c34-27-8-3-1-6-22(27)19-33(32(42)40-38-20-23-7-2-4-9-29(23)37)30(26-15-12-24(35)18-28(26)36)44-31(39-33)21-10-13-25(14-11-21)43-17-5-16-41/h1-4,6-15,18,30,38,41H,5,16-17,19-20H2,(H,40,42)/t30-,33-/m0/s1. The van der Waals surface area contributed by atoms with E-state index in [0.717, 1.165) is 10.0 Å². The van der Waals surface area contributed by atoms with Gasteiger partial charge in [-0.1, -0.05) is 81.6 Å². The lowest BCUT2D eigenvalue weighted by Gasteiger charge is -2.31. The van der Waals surface area contributed by atoms with E-state index in [1.807, 2.05) is 24.3 Å². The third-order valence-corrected chi connectivity index (χ3v) is 8.47. The maximum atomic E-state index is 14.3. The number of rotatable bonds is 12. The van der Waals surface area contributed by atoms with Gasteiger partial charge in [0.25, 0.3) is 5.91 Å². The van der Waals surface area contributed by atoms with Crippen LogP contribution in [-0.4, -0.2) is 35.7 Å². The van der Waals surface area contributed by atoms with Crippen molar-refractivity contribution in [2.75, 3.05) is 13.2 Å². The second kappa shape index (κ2) is 14.5. The van der Waals surface area contributed by atoms with E-state index in [1.165, 1.54) is 6.07 Å². The molecule has 1 aliphatic rings. The number of carbonyl (C=O) groups is 1. The summed E-state index contributed by atoms with van der Waals surface area (Å²) < 4.78 is 27.3. The van der Waals surface area contributed by atoms with Crippen molar-refractivity contribution in [2.45, 2.75) is 31.0 Å². The summed E-state index contributed by atoms with van der Waals surface area (Å²) in [5.41, 5.74) is 6.41. The van der Waals surface area contributed by atoms with E-state index in [0.29, 0.717) is 45.5 Å². The van der Waals surface area contributed by atoms with Crippen LogP contribution in [0, 0.1) is 5.82 Å². The van der Waals surface area contributed by atoms with Crippen molar-refractivity contribution in [1.82, 2.24) is 10.9 Å². The molecule has 0 fully saturated rings. The second-order valence-corrected chi connectivity index (χ2v) is 11.8. The average Bonchev–Trinajstić information content (AvgIpc) is 3.40. The number of aliphatic imine (C=N–C) groups is 1. The molecule has 3 N–H and O–H groups in total. The highest BCUT2D eigenvalue weighted by molar-refractivity contribution is 9.10. The zero-order chi connectivity index (χ0) is 31.1. The number of amides is 1. The summed E-state index contributed by atoms with van der Waals surface area (Å²) in [5.74, 6) is -0.0391. The predicted molar refractivity (Wildman–Crippen MR) is 172 cm³/mol. The van der Waals surface area contributed by atoms with Crippen LogP contribution in [0.15, 0.2) is 100 Å². The third kappa shape index (κ3) is 7.25. The Hall–Kier alpha value is -3.47. The molecule has 0 saturated carbocycles. The fraction of sp³-hybridized carbons (Fsp3) is 0.212. The summed E-state index contributed by atoms with van der Waals surface area (Å²) in [4.78, 5) is 19.3. The van der Waals surface area contributed by atoms with Crippen LogP contribution < -0.4 is 15.6 Å².